The van der Waals surface area contributed by atoms with Crippen molar-refractivity contribution in [1.29, 1.82) is 0 Å². The van der Waals surface area contributed by atoms with Crippen molar-refractivity contribution < 1.29 is 8.42 Å². The molecule has 0 atom stereocenters. The average Bonchev–Trinajstić information content (AvgIpc) is 3.24. The van der Waals surface area contributed by atoms with E-state index in [1.165, 1.54) is 17.5 Å². The molecule has 3 aliphatic heterocycles. The summed E-state index contributed by atoms with van der Waals surface area (Å²) in [7, 11) is -3.38. The number of hydrogen-bond donors (Lipinski definition) is 1. The summed E-state index contributed by atoms with van der Waals surface area (Å²) in [5.74, 6) is 2.85. The molecular formula is C14H18N4O2S2. The summed E-state index contributed by atoms with van der Waals surface area (Å²) >= 11 is 1.91. The van der Waals surface area contributed by atoms with Gasteiger partial charge < -0.3 is 0 Å². The molecule has 118 valence electrons. The van der Waals surface area contributed by atoms with Crippen LogP contribution in [0, 0.1) is 0 Å². The molecule has 0 saturated carbocycles. The van der Waals surface area contributed by atoms with Crippen molar-refractivity contribution in [3.8, 4) is 0 Å². The topological polar surface area (TPSA) is 65.5 Å². The van der Waals surface area contributed by atoms with E-state index in [2.05, 4.69) is 10.4 Å². The maximum atomic E-state index is 12.5. The van der Waals surface area contributed by atoms with Gasteiger partial charge in [-0.2, -0.15) is 16.1 Å². The van der Waals surface area contributed by atoms with E-state index in [0.717, 1.165) is 36.7 Å². The van der Waals surface area contributed by atoms with E-state index < -0.39 is 10.0 Å². The number of aromatic nitrogens is 1. The Kier molecular flexibility index (Phi) is 3.54. The fourth-order valence-electron chi connectivity index (χ4n) is 3.01. The van der Waals surface area contributed by atoms with Crippen LogP contribution >= 0.6 is 11.8 Å². The van der Waals surface area contributed by atoms with Crippen molar-refractivity contribution in [2.75, 3.05) is 36.1 Å². The monoisotopic (exact) mass is 338 g/mol. The molecular weight excluding hydrogens is 320 g/mol. The van der Waals surface area contributed by atoms with E-state index in [-0.39, 0.29) is 4.90 Å². The molecule has 0 bridgehead atoms. The summed E-state index contributed by atoms with van der Waals surface area (Å²) in [6.07, 6.45) is 3.36. The SMILES string of the molecule is O=S(=O)(c1ccc(N2CC3=C(CSC3)N2)nc1)N1CCCC1. The normalized spacial score (nSPS) is 22.3. The predicted octanol–water partition coefficient (Wildman–Crippen LogP) is 1.19. The number of anilines is 1. The van der Waals surface area contributed by atoms with Crippen LogP contribution in [0.1, 0.15) is 12.8 Å². The van der Waals surface area contributed by atoms with Crippen LogP contribution < -0.4 is 10.4 Å². The van der Waals surface area contributed by atoms with E-state index >= 15 is 0 Å². The third-order valence-corrected chi connectivity index (χ3v) is 7.20. The molecule has 1 N–H and O–H groups in total. The lowest BCUT2D eigenvalue weighted by Gasteiger charge is -2.21. The van der Waals surface area contributed by atoms with Gasteiger partial charge in [0.05, 0.1) is 6.54 Å². The smallest absolute Gasteiger partial charge is 0.244 e. The number of hydrogen-bond acceptors (Lipinski definition) is 6. The second-order valence-corrected chi connectivity index (χ2v) is 8.66. The molecule has 0 radical (unpaired) electrons. The molecule has 1 fully saturated rings. The Morgan fingerprint density at radius 1 is 1.18 bits per heavy atom. The molecule has 4 rings (SSSR count). The standard InChI is InChI=1S/C14H18N4O2S2/c19-22(20,17-5-1-2-6-17)12-3-4-14(15-7-12)18-8-11-9-21-10-13(11)16-18/h3-4,7,16H,1-2,5-6,8-10H2. The summed E-state index contributed by atoms with van der Waals surface area (Å²) in [5, 5.41) is 1.98. The molecule has 1 saturated heterocycles. The molecule has 4 heterocycles. The number of nitrogens with zero attached hydrogens (tertiary/aromatic N) is 3. The van der Waals surface area contributed by atoms with Gasteiger partial charge in [0.15, 0.2) is 0 Å². The first-order valence-corrected chi connectivity index (χ1v) is 10.0. The highest BCUT2D eigenvalue weighted by Crippen LogP contribution is 2.30. The van der Waals surface area contributed by atoms with Crippen LogP contribution in [0.15, 0.2) is 34.5 Å². The van der Waals surface area contributed by atoms with Crippen LogP contribution in [0.5, 0.6) is 0 Å². The van der Waals surface area contributed by atoms with E-state index in [4.69, 9.17) is 0 Å². The highest BCUT2D eigenvalue weighted by atomic mass is 32.2. The molecule has 8 heteroatoms. The maximum Gasteiger partial charge on any atom is 0.244 e. The number of sulfonamides is 1. The minimum absolute atomic E-state index is 0.286. The molecule has 6 nitrogen and oxygen atoms in total. The van der Waals surface area contributed by atoms with Crippen LogP contribution in [0.25, 0.3) is 0 Å². The molecule has 0 amide bonds. The Morgan fingerprint density at radius 2 is 2.00 bits per heavy atom. The summed E-state index contributed by atoms with van der Waals surface area (Å²) in [6, 6.07) is 3.45. The molecule has 1 aromatic heterocycles. The second-order valence-electron chi connectivity index (χ2n) is 5.74. The van der Waals surface area contributed by atoms with Gasteiger partial charge in [-0.15, -0.1) is 0 Å². The van der Waals surface area contributed by atoms with E-state index in [1.807, 2.05) is 16.8 Å². The fourth-order valence-corrected chi connectivity index (χ4v) is 5.56. The Labute approximate surface area is 134 Å². The predicted molar refractivity (Wildman–Crippen MR) is 87.1 cm³/mol. The Hall–Kier alpha value is -1.25. The van der Waals surface area contributed by atoms with Crippen LogP contribution in [-0.2, 0) is 10.0 Å². The van der Waals surface area contributed by atoms with Gasteiger partial charge in [-0.05, 0) is 30.5 Å². The first kappa shape index (κ1) is 14.3. The minimum atomic E-state index is -3.38. The summed E-state index contributed by atoms with van der Waals surface area (Å²) < 4.78 is 26.5. The highest BCUT2D eigenvalue weighted by Gasteiger charge is 2.29. The van der Waals surface area contributed by atoms with Gasteiger partial charge in [0, 0.05) is 36.5 Å². The first-order chi connectivity index (χ1) is 10.6. The Morgan fingerprint density at radius 3 is 2.68 bits per heavy atom. The van der Waals surface area contributed by atoms with Gasteiger partial charge in [0.25, 0.3) is 0 Å². The highest BCUT2D eigenvalue weighted by molar-refractivity contribution is 7.99. The summed E-state index contributed by atoms with van der Waals surface area (Å²) in [4.78, 5) is 4.64. The number of hydrazine groups is 1. The summed E-state index contributed by atoms with van der Waals surface area (Å²) in [5.41, 5.74) is 6.05. The number of pyridine rings is 1. The number of thioether (sulfide) groups is 1. The Balaban J connectivity index is 1.51. The van der Waals surface area contributed by atoms with Crippen molar-refractivity contribution in [3.63, 3.8) is 0 Å². The second kappa shape index (κ2) is 5.43. The minimum Gasteiger partial charge on any atom is -0.300 e. The average molecular weight is 338 g/mol. The van der Waals surface area contributed by atoms with Gasteiger partial charge in [0.1, 0.15) is 10.7 Å². The van der Waals surface area contributed by atoms with Crippen LogP contribution in [0.2, 0.25) is 0 Å². The lowest BCUT2D eigenvalue weighted by Crippen LogP contribution is -2.34. The fraction of sp³-hybridized carbons (Fsp3) is 0.500. The molecule has 0 unspecified atom stereocenters. The van der Waals surface area contributed by atoms with Crippen molar-refractivity contribution >= 4 is 27.6 Å². The third kappa shape index (κ3) is 2.39. The van der Waals surface area contributed by atoms with Crippen LogP contribution in [0.3, 0.4) is 0 Å². The van der Waals surface area contributed by atoms with Gasteiger partial charge in [-0.3, -0.25) is 10.4 Å². The van der Waals surface area contributed by atoms with Gasteiger partial charge >= 0.3 is 0 Å². The maximum absolute atomic E-state index is 12.5. The van der Waals surface area contributed by atoms with Gasteiger partial charge in [-0.1, -0.05) is 0 Å². The number of nitrogens with one attached hydrogen (secondary N) is 1. The largest absolute Gasteiger partial charge is 0.300 e. The van der Waals surface area contributed by atoms with E-state index in [9.17, 15) is 8.42 Å². The molecule has 0 spiro atoms. The molecule has 0 aromatic carbocycles. The first-order valence-electron chi connectivity index (χ1n) is 7.44. The van der Waals surface area contributed by atoms with Crippen molar-refractivity contribution in [3.05, 3.63) is 29.6 Å². The van der Waals surface area contributed by atoms with Crippen LogP contribution in [0.4, 0.5) is 5.82 Å². The zero-order chi connectivity index (χ0) is 15.2. The molecule has 22 heavy (non-hydrogen) atoms. The molecule has 3 aliphatic rings. The van der Waals surface area contributed by atoms with Crippen LogP contribution in [-0.4, -0.2) is 48.8 Å². The zero-order valence-corrected chi connectivity index (χ0v) is 13.8. The van der Waals surface area contributed by atoms with Crippen molar-refractivity contribution in [1.82, 2.24) is 14.7 Å². The third-order valence-electron chi connectivity index (χ3n) is 4.27. The quantitative estimate of drug-likeness (QED) is 0.893. The molecule has 0 aliphatic carbocycles. The van der Waals surface area contributed by atoms with Crippen molar-refractivity contribution in [2.24, 2.45) is 0 Å². The van der Waals surface area contributed by atoms with E-state index in [0.29, 0.717) is 13.1 Å². The van der Waals surface area contributed by atoms with Crippen molar-refractivity contribution in [2.45, 2.75) is 17.7 Å². The lowest BCUT2D eigenvalue weighted by atomic mass is 10.3. The van der Waals surface area contributed by atoms with E-state index in [1.54, 1.807) is 16.4 Å². The summed E-state index contributed by atoms with van der Waals surface area (Å²) in [6.45, 7) is 2.06. The molecule has 1 aromatic rings. The number of rotatable bonds is 3. The lowest BCUT2D eigenvalue weighted by molar-refractivity contribution is 0.477. The van der Waals surface area contributed by atoms with Gasteiger partial charge in [-0.25, -0.2) is 13.4 Å². The zero-order valence-electron chi connectivity index (χ0n) is 12.2. The van der Waals surface area contributed by atoms with Gasteiger partial charge in [0.2, 0.25) is 10.0 Å². The Bertz CT molecular complexity index is 693.